The number of piperidine rings is 1. The van der Waals surface area contributed by atoms with Crippen molar-refractivity contribution in [3.8, 4) is 11.5 Å². The van der Waals surface area contributed by atoms with Crippen LogP contribution in [0.5, 0.6) is 11.5 Å². The van der Waals surface area contributed by atoms with Gasteiger partial charge in [-0.2, -0.15) is 0 Å². The SMILES string of the molecule is COc1ccc(C(=O)NC[C@@H]2CCCN(C(C)C)C2)cc1OC. The Labute approximate surface area is 139 Å². The summed E-state index contributed by atoms with van der Waals surface area (Å²) in [4.78, 5) is 14.8. The maximum atomic E-state index is 12.3. The van der Waals surface area contributed by atoms with E-state index < -0.39 is 0 Å². The molecule has 1 atom stereocenters. The minimum Gasteiger partial charge on any atom is -0.493 e. The van der Waals surface area contributed by atoms with Crippen LogP contribution in [0.3, 0.4) is 0 Å². The molecule has 128 valence electrons. The highest BCUT2D eigenvalue weighted by atomic mass is 16.5. The van der Waals surface area contributed by atoms with Crippen molar-refractivity contribution in [2.45, 2.75) is 32.7 Å². The first kappa shape index (κ1) is 17.6. The highest BCUT2D eigenvalue weighted by Gasteiger charge is 2.22. The molecule has 23 heavy (non-hydrogen) atoms. The summed E-state index contributed by atoms with van der Waals surface area (Å²) in [5.74, 6) is 1.66. The van der Waals surface area contributed by atoms with E-state index in [1.165, 1.54) is 12.8 Å². The molecular weight excluding hydrogens is 292 g/mol. The van der Waals surface area contributed by atoms with Crippen LogP contribution in [0.2, 0.25) is 0 Å². The van der Waals surface area contributed by atoms with E-state index in [1.807, 2.05) is 0 Å². The summed E-state index contributed by atoms with van der Waals surface area (Å²) in [6, 6.07) is 5.81. The first-order valence-corrected chi connectivity index (χ1v) is 8.29. The van der Waals surface area contributed by atoms with Gasteiger partial charge in [0.25, 0.3) is 5.91 Å². The summed E-state index contributed by atoms with van der Waals surface area (Å²) in [5, 5.41) is 3.05. The Balaban J connectivity index is 1.92. The van der Waals surface area contributed by atoms with Crippen molar-refractivity contribution < 1.29 is 14.3 Å². The second kappa shape index (κ2) is 8.20. The summed E-state index contributed by atoms with van der Waals surface area (Å²) in [6.45, 7) is 7.40. The Kier molecular flexibility index (Phi) is 6.28. The monoisotopic (exact) mass is 320 g/mol. The normalized spacial score (nSPS) is 18.7. The third-order valence-corrected chi connectivity index (χ3v) is 4.48. The van der Waals surface area contributed by atoms with Gasteiger partial charge in [-0.25, -0.2) is 0 Å². The van der Waals surface area contributed by atoms with Crippen LogP contribution in [0.1, 0.15) is 37.0 Å². The van der Waals surface area contributed by atoms with E-state index in [0.29, 0.717) is 29.0 Å². The number of nitrogens with one attached hydrogen (secondary N) is 1. The molecule has 1 aliphatic heterocycles. The van der Waals surface area contributed by atoms with Crippen LogP contribution in [0.25, 0.3) is 0 Å². The van der Waals surface area contributed by atoms with Gasteiger partial charge in [-0.15, -0.1) is 0 Å². The minimum absolute atomic E-state index is 0.0624. The maximum Gasteiger partial charge on any atom is 0.251 e. The Morgan fingerprint density at radius 2 is 2.04 bits per heavy atom. The lowest BCUT2D eigenvalue weighted by Crippen LogP contribution is -2.43. The number of likely N-dealkylation sites (tertiary alicyclic amines) is 1. The number of methoxy groups -OCH3 is 2. The van der Waals surface area contributed by atoms with Gasteiger partial charge in [-0.1, -0.05) is 0 Å². The predicted molar refractivity (Wildman–Crippen MR) is 91.3 cm³/mol. The van der Waals surface area contributed by atoms with Crippen LogP contribution in [0.4, 0.5) is 0 Å². The lowest BCUT2D eigenvalue weighted by atomic mass is 9.97. The van der Waals surface area contributed by atoms with Gasteiger partial charge in [-0.3, -0.25) is 4.79 Å². The van der Waals surface area contributed by atoms with Crippen LogP contribution in [-0.4, -0.2) is 50.7 Å². The number of carbonyl (C=O) groups is 1. The molecule has 1 aromatic carbocycles. The summed E-state index contributed by atoms with van der Waals surface area (Å²) in [7, 11) is 3.16. The van der Waals surface area contributed by atoms with E-state index in [0.717, 1.165) is 19.6 Å². The lowest BCUT2D eigenvalue weighted by Gasteiger charge is -2.35. The van der Waals surface area contributed by atoms with Crippen LogP contribution < -0.4 is 14.8 Å². The molecule has 0 radical (unpaired) electrons. The second-order valence-electron chi connectivity index (χ2n) is 6.38. The van der Waals surface area contributed by atoms with Crippen LogP contribution >= 0.6 is 0 Å². The average Bonchev–Trinajstić information content (AvgIpc) is 2.59. The molecule has 1 amide bonds. The Morgan fingerprint density at radius 3 is 2.70 bits per heavy atom. The zero-order valence-electron chi connectivity index (χ0n) is 14.6. The van der Waals surface area contributed by atoms with Crippen molar-refractivity contribution in [3.05, 3.63) is 23.8 Å². The van der Waals surface area contributed by atoms with Gasteiger partial charge < -0.3 is 19.7 Å². The van der Waals surface area contributed by atoms with Gasteiger partial charge in [-0.05, 0) is 57.4 Å². The van der Waals surface area contributed by atoms with Crippen molar-refractivity contribution >= 4 is 5.91 Å². The standard InChI is InChI=1S/C18H28N2O3/c1-13(2)20-9-5-6-14(12-20)11-19-18(21)15-7-8-16(22-3)17(10-15)23-4/h7-8,10,13-14H,5-6,9,11-12H2,1-4H3,(H,19,21)/t14-/m0/s1. The summed E-state index contributed by atoms with van der Waals surface area (Å²) in [6.07, 6.45) is 2.38. The van der Waals surface area contributed by atoms with Gasteiger partial charge >= 0.3 is 0 Å². The van der Waals surface area contributed by atoms with E-state index in [4.69, 9.17) is 9.47 Å². The van der Waals surface area contributed by atoms with E-state index in [9.17, 15) is 4.79 Å². The number of benzene rings is 1. The maximum absolute atomic E-state index is 12.3. The second-order valence-corrected chi connectivity index (χ2v) is 6.38. The van der Waals surface area contributed by atoms with Crippen LogP contribution in [0.15, 0.2) is 18.2 Å². The quantitative estimate of drug-likeness (QED) is 0.875. The molecule has 1 aliphatic rings. The molecule has 0 unspecified atom stereocenters. The molecule has 0 spiro atoms. The van der Waals surface area contributed by atoms with E-state index in [1.54, 1.807) is 32.4 Å². The first-order chi connectivity index (χ1) is 11.0. The van der Waals surface area contributed by atoms with Gasteiger partial charge in [0.15, 0.2) is 11.5 Å². The smallest absolute Gasteiger partial charge is 0.251 e. The molecule has 1 N–H and O–H groups in total. The van der Waals surface area contributed by atoms with E-state index in [2.05, 4.69) is 24.1 Å². The molecule has 5 nitrogen and oxygen atoms in total. The molecule has 2 rings (SSSR count). The highest BCUT2D eigenvalue weighted by Crippen LogP contribution is 2.27. The summed E-state index contributed by atoms with van der Waals surface area (Å²) < 4.78 is 10.4. The molecule has 0 aliphatic carbocycles. The predicted octanol–water partition coefficient (Wildman–Crippen LogP) is 2.55. The van der Waals surface area contributed by atoms with Gasteiger partial charge in [0, 0.05) is 24.7 Å². The first-order valence-electron chi connectivity index (χ1n) is 8.29. The third-order valence-electron chi connectivity index (χ3n) is 4.48. The van der Waals surface area contributed by atoms with Gasteiger partial charge in [0.2, 0.25) is 0 Å². The number of rotatable bonds is 6. The van der Waals surface area contributed by atoms with Crippen molar-refractivity contribution in [2.75, 3.05) is 33.9 Å². The Bertz CT molecular complexity index is 531. The zero-order chi connectivity index (χ0) is 16.8. The number of carbonyl (C=O) groups excluding carboxylic acids is 1. The van der Waals surface area contributed by atoms with E-state index >= 15 is 0 Å². The van der Waals surface area contributed by atoms with Gasteiger partial charge in [0.05, 0.1) is 14.2 Å². The minimum atomic E-state index is -0.0624. The zero-order valence-corrected chi connectivity index (χ0v) is 14.6. The number of hydrogen-bond donors (Lipinski definition) is 1. The summed E-state index contributed by atoms with van der Waals surface area (Å²) >= 11 is 0. The number of amides is 1. The average molecular weight is 320 g/mol. The van der Waals surface area contributed by atoms with Crippen molar-refractivity contribution in [1.82, 2.24) is 10.2 Å². The molecule has 5 heteroatoms. The molecule has 0 aromatic heterocycles. The lowest BCUT2D eigenvalue weighted by molar-refractivity contribution is 0.0922. The fourth-order valence-corrected chi connectivity index (χ4v) is 3.05. The molecule has 0 bridgehead atoms. The third kappa shape index (κ3) is 4.61. The topological polar surface area (TPSA) is 50.8 Å². The van der Waals surface area contributed by atoms with Crippen molar-refractivity contribution in [1.29, 1.82) is 0 Å². The molecule has 0 saturated carbocycles. The molecule has 1 aromatic rings. The van der Waals surface area contributed by atoms with E-state index in [-0.39, 0.29) is 5.91 Å². The van der Waals surface area contributed by atoms with Crippen molar-refractivity contribution in [2.24, 2.45) is 5.92 Å². The van der Waals surface area contributed by atoms with Gasteiger partial charge in [0.1, 0.15) is 0 Å². The summed E-state index contributed by atoms with van der Waals surface area (Å²) in [5.41, 5.74) is 0.596. The molecular formula is C18H28N2O3. The Hall–Kier alpha value is -1.75. The van der Waals surface area contributed by atoms with Crippen LogP contribution in [-0.2, 0) is 0 Å². The Morgan fingerprint density at radius 1 is 1.30 bits per heavy atom. The number of nitrogens with zero attached hydrogens (tertiary/aromatic N) is 1. The number of hydrogen-bond acceptors (Lipinski definition) is 4. The molecule has 1 saturated heterocycles. The molecule has 1 fully saturated rings. The number of ether oxygens (including phenoxy) is 2. The fourth-order valence-electron chi connectivity index (χ4n) is 3.05. The highest BCUT2D eigenvalue weighted by molar-refractivity contribution is 5.94. The molecule has 1 heterocycles. The van der Waals surface area contributed by atoms with Crippen molar-refractivity contribution in [3.63, 3.8) is 0 Å². The van der Waals surface area contributed by atoms with Crippen LogP contribution in [0, 0.1) is 5.92 Å². The largest absolute Gasteiger partial charge is 0.493 e. The fraction of sp³-hybridized carbons (Fsp3) is 0.611.